The fourth-order valence-corrected chi connectivity index (χ4v) is 2.90. The van der Waals surface area contributed by atoms with Gasteiger partial charge in [-0.2, -0.15) is 0 Å². The van der Waals surface area contributed by atoms with Gasteiger partial charge in [0, 0.05) is 5.69 Å². The summed E-state index contributed by atoms with van der Waals surface area (Å²) >= 11 is 0. The number of para-hydroxylation sites is 1. The number of nitrogens with one attached hydrogen (secondary N) is 1. The van der Waals surface area contributed by atoms with Crippen LogP contribution in [0.2, 0.25) is 0 Å². The maximum atomic E-state index is 12.7. The molecule has 1 fully saturated rings. The van der Waals surface area contributed by atoms with Crippen LogP contribution in [0.15, 0.2) is 42.5 Å². The molecular weight excluding hydrogens is 320 g/mol. The van der Waals surface area contributed by atoms with Crippen LogP contribution in [0.4, 0.5) is 11.4 Å². The summed E-state index contributed by atoms with van der Waals surface area (Å²) < 4.78 is 0. The van der Waals surface area contributed by atoms with Crippen LogP contribution in [-0.4, -0.2) is 23.8 Å². The minimum absolute atomic E-state index is 0.0145. The van der Waals surface area contributed by atoms with Crippen molar-refractivity contribution in [3.8, 4) is 0 Å². The summed E-state index contributed by atoms with van der Waals surface area (Å²) in [6.45, 7) is 3.63. The summed E-state index contributed by atoms with van der Waals surface area (Å²) in [5.74, 6) is -1.93. The number of rotatable bonds is 4. The molecule has 0 spiro atoms. The van der Waals surface area contributed by atoms with E-state index in [0.717, 1.165) is 11.1 Å². The lowest BCUT2D eigenvalue weighted by atomic mass is 10.1. The maximum Gasteiger partial charge on any atom is 0.256 e. The van der Waals surface area contributed by atoms with Crippen LogP contribution >= 0.6 is 0 Å². The largest absolute Gasteiger partial charge is 0.545 e. The Kier molecular flexibility index (Phi) is 4.27. The lowest BCUT2D eigenvalue weighted by Crippen LogP contribution is -2.35. The second kappa shape index (κ2) is 6.39. The second-order valence-corrected chi connectivity index (χ2v) is 6.07. The van der Waals surface area contributed by atoms with Gasteiger partial charge in [-0.05, 0) is 42.7 Å². The Bertz CT molecular complexity index is 875. The Hall–Kier alpha value is -3.15. The molecule has 1 N–H and O–H groups in total. The predicted octanol–water partition coefficient (Wildman–Crippen LogP) is 1.41. The Balaban J connectivity index is 1.87. The number of hydrogen-bond donors (Lipinski definition) is 1. The zero-order valence-electron chi connectivity index (χ0n) is 13.9. The van der Waals surface area contributed by atoms with E-state index in [-0.39, 0.29) is 23.8 Å². The lowest BCUT2D eigenvalue weighted by molar-refractivity contribution is -0.255. The van der Waals surface area contributed by atoms with Crippen LogP contribution in [0.5, 0.6) is 0 Å². The number of aromatic carboxylic acids is 1. The maximum absolute atomic E-state index is 12.7. The minimum atomic E-state index is -1.29. The highest BCUT2D eigenvalue weighted by Gasteiger charge is 2.40. The van der Waals surface area contributed by atoms with Gasteiger partial charge < -0.3 is 15.2 Å². The predicted molar refractivity (Wildman–Crippen MR) is 91.2 cm³/mol. The van der Waals surface area contributed by atoms with Crippen molar-refractivity contribution in [3.63, 3.8) is 0 Å². The molecule has 25 heavy (non-hydrogen) atoms. The van der Waals surface area contributed by atoms with Gasteiger partial charge in [0.2, 0.25) is 5.91 Å². The highest BCUT2D eigenvalue weighted by Crippen LogP contribution is 2.28. The average Bonchev–Trinajstić information content (AvgIpc) is 2.84. The molecule has 1 saturated heterocycles. The van der Waals surface area contributed by atoms with E-state index in [0.29, 0.717) is 11.4 Å². The van der Waals surface area contributed by atoms with E-state index in [4.69, 9.17) is 0 Å². The molecular formula is C19H17N2O4-. The summed E-state index contributed by atoms with van der Waals surface area (Å²) in [7, 11) is 0. The summed E-state index contributed by atoms with van der Waals surface area (Å²) in [6.07, 6.45) is 0.0160. The molecule has 0 radical (unpaired) electrons. The minimum Gasteiger partial charge on any atom is -0.545 e. The molecule has 0 bridgehead atoms. The quantitative estimate of drug-likeness (QED) is 0.852. The van der Waals surface area contributed by atoms with Crippen molar-refractivity contribution in [3.05, 3.63) is 59.2 Å². The van der Waals surface area contributed by atoms with E-state index in [1.807, 2.05) is 19.1 Å². The second-order valence-electron chi connectivity index (χ2n) is 6.07. The number of amides is 2. The summed E-state index contributed by atoms with van der Waals surface area (Å²) in [5, 5.41) is 14.0. The molecule has 128 valence electrons. The number of carbonyl (C=O) groups is 3. The highest BCUT2D eigenvalue weighted by molar-refractivity contribution is 6.23. The van der Waals surface area contributed by atoms with Crippen LogP contribution in [0, 0.1) is 13.8 Å². The third-order valence-electron chi connectivity index (χ3n) is 4.31. The van der Waals surface area contributed by atoms with Crippen molar-refractivity contribution in [2.45, 2.75) is 26.3 Å². The normalized spacial score (nSPS) is 17.0. The Morgan fingerprint density at radius 2 is 1.84 bits per heavy atom. The van der Waals surface area contributed by atoms with Crippen molar-refractivity contribution in [1.82, 2.24) is 0 Å². The summed E-state index contributed by atoms with van der Waals surface area (Å²) in [4.78, 5) is 37.3. The number of nitrogens with zero attached hydrogens (tertiary/aromatic N) is 1. The van der Waals surface area contributed by atoms with Crippen LogP contribution < -0.4 is 15.3 Å². The van der Waals surface area contributed by atoms with Crippen LogP contribution in [0.3, 0.4) is 0 Å². The van der Waals surface area contributed by atoms with E-state index < -0.39 is 12.0 Å². The van der Waals surface area contributed by atoms with E-state index in [1.54, 1.807) is 25.1 Å². The van der Waals surface area contributed by atoms with Gasteiger partial charge in [0.25, 0.3) is 5.91 Å². The standard InChI is InChI=1S/C19H18N2O4/c1-11-7-8-13(19(24)25)9-14(11)20-15-10-17(22)21(18(15)23)16-6-4-3-5-12(16)2/h3-9,15,20H,10H2,1-2H3,(H,24,25)/p-1/t15-/m0/s1. The summed E-state index contributed by atoms with van der Waals surface area (Å²) in [6, 6.07) is 10.9. The molecule has 3 rings (SSSR count). The van der Waals surface area contributed by atoms with E-state index >= 15 is 0 Å². The number of carbonyl (C=O) groups excluding carboxylic acids is 3. The molecule has 1 aliphatic rings. The van der Waals surface area contributed by atoms with Gasteiger partial charge >= 0.3 is 0 Å². The van der Waals surface area contributed by atoms with E-state index in [1.165, 1.54) is 17.0 Å². The third kappa shape index (κ3) is 3.10. The zero-order chi connectivity index (χ0) is 18.1. The first-order valence-corrected chi connectivity index (χ1v) is 7.89. The smallest absolute Gasteiger partial charge is 0.256 e. The van der Waals surface area contributed by atoms with Crippen molar-refractivity contribution in [1.29, 1.82) is 0 Å². The first-order valence-electron chi connectivity index (χ1n) is 7.89. The van der Waals surface area contributed by atoms with Crippen molar-refractivity contribution in [2.75, 3.05) is 10.2 Å². The summed E-state index contributed by atoms with van der Waals surface area (Å²) in [5.41, 5.74) is 2.70. The molecule has 0 aliphatic carbocycles. The van der Waals surface area contributed by atoms with E-state index in [9.17, 15) is 19.5 Å². The molecule has 1 atom stereocenters. The van der Waals surface area contributed by atoms with Gasteiger partial charge in [-0.3, -0.25) is 9.59 Å². The molecule has 0 unspecified atom stereocenters. The van der Waals surface area contributed by atoms with Crippen LogP contribution in [0.25, 0.3) is 0 Å². The number of benzene rings is 2. The molecule has 1 aliphatic heterocycles. The van der Waals surface area contributed by atoms with Crippen molar-refractivity contribution < 1.29 is 19.5 Å². The average molecular weight is 337 g/mol. The zero-order valence-corrected chi connectivity index (χ0v) is 13.9. The van der Waals surface area contributed by atoms with Crippen LogP contribution in [-0.2, 0) is 9.59 Å². The number of carboxylic acid groups (broad SMARTS) is 1. The molecule has 2 aromatic rings. The third-order valence-corrected chi connectivity index (χ3v) is 4.31. The molecule has 6 heteroatoms. The van der Waals surface area contributed by atoms with Crippen molar-refractivity contribution >= 4 is 29.2 Å². The highest BCUT2D eigenvalue weighted by atomic mass is 16.4. The van der Waals surface area contributed by atoms with Gasteiger partial charge in [-0.25, -0.2) is 4.90 Å². The topological polar surface area (TPSA) is 89.5 Å². The number of hydrogen-bond acceptors (Lipinski definition) is 5. The first kappa shape index (κ1) is 16.7. The lowest BCUT2D eigenvalue weighted by Gasteiger charge is -2.19. The molecule has 1 heterocycles. The molecule has 6 nitrogen and oxygen atoms in total. The van der Waals surface area contributed by atoms with Gasteiger partial charge in [-0.15, -0.1) is 0 Å². The van der Waals surface area contributed by atoms with E-state index in [2.05, 4.69) is 5.32 Å². The fourth-order valence-electron chi connectivity index (χ4n) is 2.90. The molecule has 2 aromatic carbocycles. The number of aryl methyl sites for hydroxylation is 2. The van der Waals surface area contributed by atoms with Gasteiger partial charge in [0.15, 0.2) is 0 Å². The Labute approximate surface area is 145 Å². The fraction of sp³-hybridized carbons (Fsp3) is 0.211. The number of carboxylic acids is 1. The van der Waals surface area contributed by atoms with Gasteiger partial charge in [-0.1, -0.05) is 30.3 Å². The molecule has 0 saturated carbocycles. The number of imide groups is 1. The first-order chi connectivity index (χ1) is 11.9. The molecule has 0 aromatic heterocycles. The molecule has 2 amide bonds. The number of anilines is 2. The van der Waals surface area contributed by atoms with Crippen molar-refractivity contribution in [2.24, 2.45) is 0 Å². The Morgan fingerprint density at radius 3 is 2.52 bits per heavy atom. The van der Waals surface area contributed by atoms with Gasteiger partial charge in [0.05, 0.1) is 18.1 Å². The Morgan fingerprint density at radius 1 is 1.12 bits per heavy atom. The van der Waals surface area contributed by atoms with Crippen LogP contribution in [0.1, 0.15) is 27.9 Å². The SMILES string of the molecule is Cc1ccc(C(=O)[O-])cc1N[C@H]1CC(=O)N(c2ccccc2C)C1=O. The monoisotopic (exact) mass is 337 g/mol. The van der Waals surface area contributed by atoms with Gasteiger partial charge in [0.1, 0.15) is 6.04 Å².